The summed E-state index contributed by atoms with van der Waals surface area (Å²) in [5.41, 5.74) is 3.82. The Balaban J connectivity index is 0.00000280. The van der Waals surface area contributed by atoms with Crippen LogP contribution in [-0.4, -0.2) is 43.2 Å². The van der Waals surface area contributed by atoms with E-state index in [-0.39, 0.29) is 24.0 Å². The number of hydrogen-bond acceptors (Lipinski definition) is 3. The van der Waals surface area contributed by atoms with Gasteiger partial charge < -0.3 is 15.5 Å². The summed E-state index contributed by atoms with van der Waals surface area (Å²) < 4.78 is 1.12. The number of nitrogens with one attached hydrogen (secondary N) is 2. The average molecular weight is 558 g/mol. The Bertz CT molecular complexity index is 766. The van der Waals surface area contributed by atoms with Crippen LogP contribution >= 0.6 is 39.9 Å². The van der Waals surface area contributed by atoms with Crippen molar-refractivity contribution in [2.45, 2.75) is 32.7 Å². The molecule has 1 aromatic heterocycles. The summed E-state index contributed by atoms with van der Waals surface area (Å²) in [6.45, 7) is 7.90. The summed E-state index contributed by atoms with van der Waals surface area (Å²) in [4.78, 5) is 11.4. The molecule has 3 rings (SSSR count). The molecule has 0 bridgehead atoms. The minimum atomic E-state index is 0. The van der Waals surface area contributed by atoms with Gasteiger partial charge >= 0.3 is 0 Å². The first-order valence-electron chi connectivity index (χ1n) is 9.60. The molecule has 28 heavy (non-hydrogen) atoms. The summed E-state index contributed by atoms with van der Waals surface area (Å²) in [5.74, 6) is 0.909. The lowest BCUT2D eigenvalue weighted by molar-refractivity contribution is 0.649. The molecular formula is C21H29BrIN5. The molecule has 0 saturated carbocycles. The third-order valence-corrected chi connectivity index (χ3v) is 5.38. The topological polar surface area (TPSA) is 52.6 Å². The minimum absolute atomic E-state index is 0. The van der Waals surface area contributed by atoms with Gasteiger partial charge in [-0.2, -0.15) is 0 Å². The number of nitrogens with zero attached hydrogens (tertiary/aromatic N) is 3. The number of guanidine groups is 1. The van der Waals surface area contributed by atoms with Crippen molar-refractivity contribution < 1.29 is 0 Å². The van der Waals surface area contributed by atoms with Crippen molar-refractivity contribution in [3.05, 3.63) is 58.3 Å². The number of halogens is 2. The highest BCUT2D eigenvalue weighted by atomic mass is 127. The van der Waals surface area contributed by atoms with E-state index in [1.54, 1.807) is 0 Å². The highest BCUT2D eigenvalue weighted by Gasteiger charge is 2.23. The van der Waals surface area contributed by atoms with Crippen LogP contribution < -0.4 is 15.5 Å². The Kier molecular flexibility index (Phi) is 9.50. The van der Waals surface area contributed by atoms with Crippen molar-refractivity contribution in [3.8, 4) is 0 Å². The number of pyridine rings is 1. The van der Waals surface area contributed by atoms with Crippen molar-refractivity contribution in [1.82, 2.24) is 15.6 Å². The minimum Gasteiger partial charge on any atom is -0.369 e. The molecule has 1 unspecified atom stereocenters. The van der Waals surface area contributed by atoms with Crippen LogP contribution in [0.25, 0.3) is 0 Å². The van der Waals surface area contributed by atoms with E-state index in [4.69, 9.17) is 4.99 Å². The molecule has 1 aliphatic rings. The van der Waals surface area contributed by atoms with Gasteiger partial charge in [-0.3, -0.25) is 9.98 Å². The predicted molar refractivity (Wildman–Crippen MR) is 132 cm³/mol. The second kappa shape index (κ2) is 11.6. The van der Waals surface area contributed by atoms with Gasteiger partial charge in [0.15, 0.2) is 5.96 Å². The normalized spacial score (nSPS) is 16.6. The van der Waals surface area contributed by atoms with E-state index in [1.807, 2.05) is 12.4 Å². The summed E-state index contributed by atoms with van der Waals surface area (Å²) in [6.07, 6.45) is 5.81. The van der Waals surface area contributed by atoms with Crippen molar-refractivity contribution in [2.75, 3.05) is 31.1 Å². The van der Waals surface area contributed by atoms with E-state index >= 15 is 0 Å². The van der Waals surface area contributed by atoms with Gasteiger partial charge in [-0.25, -0.2) is 0 Å². The van der Waals surface area contributed by atoms with Gasteiger partial charge in [0.05, 0.1) is 0 Å². The largest absolute Gasteiger partial charge is 0.369 e. The Morgan fingerprint density at radius 2 is 2.07 bits per heavy atom. The van der Waals surface area contributed by atoms with E-state index < -0.39 is 0 Å². The van der Waals surface area contributed by atoms with Crippen LogP contribution in [0.5, 0.6) is 0 Å². The average Bonchev–Trinajstić information content (AvgIpc) is 3.12. The molecule has 1 aromatic carbocycles. The molecule has 1 atom stereocenters. The maximum absolute atomic E-state index is 4.77. The molecule has 7 heteroatoms. The Morgan fingerprint density at radius 3 is 2.79 bits per heavy atom. The quantitative estimate of drug-likeness (QED) is 0.318. The first-order chi connectivity index (χ1) is 13.2. The van der Waals surface area contributed by atoms with E-state index in [9.17, 15) is 0 Å². The first-order valence-corrected chi connectivity index (χ1v) is 10.4. The molecule has 2 aromatic rings. The molecule has 0 aliphatic carbocycles. The van der Waals surface area contributed by atoms with Crippen LogP contribution in [0.3, 0.4) is 0 Å². The summed E-state index contributed by atoms with van der Waals surface area (Å²) in [6, 6.07) is 11.0. The molecular weight excluding hydrogens is 529 g/mol. The van der Waals surface area contributed by atoms with Crippen LogP contribution in [0, 0.1) is 6.92 Å². The molecule has 1 fully saturated rings. The number of anilines is 1. The Morgan fingerprint density at radius 1 is 1.29 bits per heavy atom. The SMILES string of the molecule is CCNC(=NCCc1ccncc1C)NC1CCN(c2ccc(Br)cc2)C1.I. The number of aryl methyl sites for hydroxylation is 1. The number of benzene rings is 1. The lowest BCUT2D eigenvalue weighted by Crippen LogP contribution is -2.44. The number of rotatable bonds is 6. The van der Waals surface area contributed by atoms with Gasteiger partial charge in [-0.05, 0) is 68.1 Å². The Labute approximate surface area is 193 Å². The van der Waals surface area contributed by atoms with E-state index in [2.05, 4.69) is 80.6 Å². The van der Waals surface area contributed by atoms with Crippen molar-refractivity contribution in [1.29, 1.82) is 0 Å². The first kappa shape index (κ1) is 22.9. The smallest absolute Gasteiger partial charge is 0.191 e. The van der Waals surface area contributed by atoms with Crippen LogP contribution in [0.2, 0.25) is 0 Å². The van der Waals surface area contributed by atoms with Gasteiger partial charge in [0.2, 0.25) is 0 Å². The standard InChI is InChI=1S/C21H28BrN5.HI/c1-3-24-21(25-12-9-17-8-11-23-14-16(17)2)26-19-10-13-27(15-19)20-6-4-18(22)5-7-20;/h4-8,11,14,19H,3,9-10,12-13,15H2,1-2H3,(H2,24,25,26);1H. The molecule has 2 N–H and O–H groups in total. The third kappa shape index (κ3) is 6.62. The fourth-order valence-electron chi connectivity index (χ4n) is 3.35. The monoisotopic (exact) mass is 557 g/mol. The Hall–Kier alpha value is -1.35. The fourth-order valence-corrected chi connectivity index (χ4v) is 3.61. The highest BCUT2D eigenvalue weighted by molar-refractivity contribution is 14.0. The van der Waals surface area contributed by atoms with Gasteiger partial charge in [-0.1, -0.05) is 15.9 Å². The molecule has 0 radical (unpaired) electrons. The number of hydrogen-bond donors (Lipinski definition) is 2. The maximum atomic E-state index is 4.77. The van der Waals surface area contributed by atoms with Crippen molar-refractivity contribution in [3.63, 3.8) is 0 Å². The molecule has 1 saturated heterocycles. The fraction of sp³-hybridized carbons (Fsp3) is 0.429. The number of aromatic nitrogens is 1. The lowest BCUT2D eigenvalue weighted by atomic mass is 10.1. The predicted octanol–water partition coefficient (Wildman–Crippen LogP) is 4.15. The highest BCUT2D eigenvalue weighted by Crippen LogP contribution is 2.22. The second-order valence-corrected chi connectivity index (χ2v) is 7.78. The molecule has 152 valence electrons. The molecule has 5 nitrogen and oxygen atoms in total. The molecule has 0 spiro atoms. The van der Waals surface area contributed by atoms with Crippen LogP contribution in [0.1, 0.15) is 24.5 Å². The molecule has 1 aliphatic heterocycles. The van der Waals surface area contributed by atoms with Gasteiger partial charge in [-0.15, -0.1) is 24.0 Å². The summed E-state index contributed by atoms with van der Waals surface area (Å²) >= 11 is 3.50. The van der Waals surface area contributed by atoms with Gasteiger partial charge in [0, 0.05) is 54.8 Å². The van der Waals surface area contributed by atoms with Crippen LogP contribution in [0.15, 0.2) is 52.2 Å². The number of aliphatic imine (C=N–C) groups is 1. The lowest BCUT2D eigenvalue weighted by Gasteiger charge is -2.20. The summed E-state index contributed by atoms with van der Waals surface area (Å²) in [7, 11) is 0. The summed E-state index contributed by atoms with van der Waals surface area (Å²) in [5, 5.41) is 6.98. The molecule has 2 heterocycles. The van der Waals surface area contributed by atoms with E-state index in [1.165, 1.54) is 16.8 Å². The van der Waals surface area contributed by atoms with Gasteiger partial charge in [0.1, 0.15) is 0 Å². The molecule has 0 amide bonds. The van der Waals surface area contributed by atoms with Gasteiger partial charge in [0.25, 0.3) is 0 Å². The van der Waals surface area contributed by atoms with Crippen molar-refractivity contribution >= 4 is 51.6 Å². The zero-order valence-electron chi connectivity index (χ0n) is 16.5. The second-order valence-electron chi connectivity index (χ2n) is 6.87. The zero-order chi connectivity index (χ0) is 19.1. The van der Waals surface area contributed by atoms with E-state index in [0.717, 1.165) is 49.5 Å². The zero-order valence-corrected chi connectivity index (χ0v) is 20.4. The maximum Gasteiger partial charge on any atom is 0.191 e. The van der Waals surface area contributed by atoms with Crippen molar-refractivity contribution in [2.24, 2.45) is 4.99 Å². The van der Waals surface area contributed by atoms with E-state index in [0.29, 0.717) is 6.04 Å². The van der Waals surface area contributed by atoms with Crippen LogP contribution in [-0.2, 0) is 6.42 Å². The third-order valence-electron chi connectivity index (χ3n) is 4.85. The van der Waals surface area contributed by atoms with Crippen LogP contribution in [0.4, 0.5) is 5.69 Å².